The second-order valence-corrected chi connectivity index (χ2v) is 6.17. The molecule has 0 spiro atoms. The molecule has 1 aliphatic rings. The maximum Gasteiger partial charge on any atom is 0.285 e. The van der Waals surface area contributed by atoms with E-state index < -0.39 is 5.91 Å². The minimum atomic E-state index is -0.412. The van der Waals surface area contributed by atoms with Crippen LogP contribution in [0.5, 0.6) is 0 Å². The summed E-state index contributed by atoms with van der Waals surface area (Å²) in [4.78, 5) is 30.7. The van der Waals surface area contributed by atoms with Crippen molar-refractivity contribution < 1.29 is 14.4 Å². The zero-order chi connectivity index (χ0) is 17.9. The first-order valence-electron chi connectivity index (χ1n) is 8.45. The molecular formula is C22H17NO3. The highest BCUT2D eigenvalue weighted by atomic mass is 16.7. The lowest BCUT2D eigenvalue weighted by atomic mass is 9.94. The quantitative estimate of drug-likeness (QED) is 0.673. The molecule has 128 valence electrons. The van der Waals surface area contributed by atoms with E-state index in [4.69, 9.17) is 4.84 Å². The van der Waals surface area contributed by atoms with Gasteiger partial charge in [-0.3, -0.25) is 14.4 Å². The van der Waals surface area contributed by atoms with Gasteiger partial charge in [0.15, 0.2) is 0 Å². The van der Waals surface area contributed by atoms with E-state index in [0.29, 0.717) is 5.56 Å². The number of amides is 2. The number of benzene rings is 3. The SMILES string of the molecule is O=C1Cc2ccc(-c3ccccc3)cc2C(=O)N1OCc1ccccc1. The Balaban J connectivity index is 1.60. The maximum absolute atomic E-state index is 12.8. The summed E-state index contributed by atoms with van der Waals surface area (Å²) in [7, 11) is 0. The van der Waals surface area contributed by atoms with E-state index in [0.717, 1.165) is 27.3 Å². The smallest absolute Gasteiger partial charge is 0.272 e. The predicted molar refractivity (Wildman–Crippen MR) is 98.0 cm³/mol. The van der Waals surface area contributed by atoms with Gasteiger partial charge in [-0.25, -0.2) is 0 Å². The Morgan fingerprint density at radius 3 is 2.23 bits per heavy atom. The molecule has 0 fully saturated rings. The summed E-state index contributed by atoms with van der Waals surface area (Å²) in [6, 6.07) is 24.9. The Morgan fingerprint density at radius 2 is 1.50 bits per heavy atom. The molecule has 4 nitrogen and oxygen atoms in total. The lowest BCUT2D eigenvalue weighted by molar-refractivity contribution is -0.174. The fourth-order valence-electron chi connectivity index (χ4n) is 3.04. The summed E-state index contributed by atoms with van der Waals surface area (Å²) in [5.41, 5.74) is 4.11. The van der Waals surface area contributed by atoms with Crippen molar-refractivity contribution in [3.8, 4) is 11.1 Å². The Labute approximate surface area is 151 Å². The first kappa shape index (κ1) is 16.2. The summed E-state index contributed by atoms with van der Waals surface area (Å²) in [6.45, 7) is 0.173. The van der Waals surface area contributed by atoms with Crippen molar-refractivity contribution in [1.82, 2.24) is 5.06 Å². The molecule has 0 radical (unpaired) electrons. The van der Waals surface area contributed by atoms with E-state index in [1.807, 2.05) is 78.9 Å². The maximum atomic E-state index is 12.8. The molecule has 0 aliphatic carbocycles. The van der Waals surface area contributed by atoms with Crippen molar-refractivity contribution >= 4 is 11.8 Å². The Kier molecular flexibility index (Phi) is 4.33. The highest BCUT2D eigenvalue weighted by Gasteiger charge is 2.32. The Morgan fingerprint density at radius 1 is 0.808 bits per heavy atom. The molecule has 0 N–H and O–H groups in total. The van der Waals surface area contributed by atoms with Crippen LogP contribution in [0.25, 0.3) is 11.1 Å². The number of hydrogen-bond acceptors (Lipinski definition) is 3. The van der Waals surface area contributed by atoms with Crippen LogP contribution in [-0.2, 0) is 22.7 Å². The molecule has 1 heterocycles. The minimum absolute atomic E-state index is 0.158. The van der Waals surface area contributed by atoms with Gasteiger partial charge in [0.2, 0.25) is 0 Å². The lowest BCUT2D eigenvalue weighted by Gasteiger charge is -2.26. The van der Waals surface area contributed by atoms with Gasteiger partial charge in [-0.1, -0.05) is 72.8 Å². The molecule has 4 rings (SSSR count). The summed E-state index contributed by atoms with van der Waals surface area (Å²) in [5.74, 6) is -0.754. The predicted octanol–water partition coefficient (Wildman–Crippen LogP) is 4.01. The fourth-order valence-corrected chi connectivity index (χ4v) is 3.04. The molecule has 26 heavy (non-hydrogen) atoms. The third-order valence-corrected chi connectivity index (χ3v) is 4.40. The molecule has 4 heteroatoms. The lowest BCUT2D eigenvalue weighted by Crippen LogP contribution is -2.42. The number of nitrogens with zero attached hydrogens (tertiary/aromatic N) is 1. The summed E-state index contributed by atoms with van der Waals surface area (Å²) >= 11 is 0. The average molecular weight is 343 g/mol. The first-order chi connectivity index (χ1) is 12.7. The summed E-state index contributed by atoms with van der Waals surface area (Å²) in [6.07, 6.45) is 0.158. The fraction of sp³-hybridized carbons (Fsp3) is 0.0909. The monoisotopic (exact) mass is 343 g/mol. The van der Waals surface area contributed by atoms with Crippen molar-refractivity contribution in [2.45, 2.75) is 13.0 Å². The summed E-state index contributed by atoms with van der Waals surface area (Å²) in [5, 5.41) is 0.893. The van der Waals surface area contributed by atoms with Crippen LogP contribution in [0.15, 0.2) is 78.9 Å². The zero-order valence-electron chi connectivity index (χ0n) is 14.1. The standard InChI is InChI=1S/C22H17NO3/c24-21-14-19-12-11-18(17-9-5-2-6-10-17)13-20(19)22(25)23(21)26-15-16-7-3-1-4-8-16/h1-13H,14-15H2. The molecule has 2 amide bonds. The number of carbonyl (C=O) groups excluding carboxylic acids is 2. The number of rotatable bonds is 4. The van der Waals surface area contributed by atoms with Crippen molar-refractivity contribution in [3.05, 3.63) is 95.6 Å². The van der Waals surface area contributed by atoms with Crippen LogP contribution < -0.4 is 0 Å². The molecule has 0 unspecified atom stereocenters. The van der Waals surface area contributed by atoms with E-state index in [2.05, 4.69) is 0 Å². The topological polar surface area (TPSA) is 46.6 Å². The van der Waals surface area contributed by atoms with Crippen LogP contribution in [0.3, 0.4) is 0 Å². The second-order valence-electron chi connectivity index (χ2n) is 6.17. The van der Waals surface area contributed by atoms with Crippen LogP contribution in [0.2, 0.25) is 0 Å². The highest BCUT2D eigenvalue weighted by molar-refractivity contribution is 6.09. The van der Waals surface area contributed by atoms with E-state index in [1.165, 1.54) is 0 Å². The number of carbonyl (C=O) groups is 2. The highest BCUT2D eigenvalue weighted by Crippen LogP contribution is 2.27. The molecule has 0 saturated carbocycles. The van der Waals surface area contributed by atoms with Crippen LogP contribution in [-0.4, -0.2) is 16.9 Å². The number of imide groups is 1. The molecular weight excluding hydrogens is 326 g/mol. The molecule has 1 aliphatic heterocycles. The molecule has 0 aromatic heterocycles. The molecule has 0 saturated heterocycles. The first-order valence-corrected chi connectivity index (χ1v) is 8.45. The average Bonchev–Trinajstić information content (AvgIpc) is 2.69. The van der Waals surface area contributed by atoms with Crippen molar-refractivity contribution in [1.29, 1.82) is 0 Å². The van der Waals surface area contributed by atoms with Gasteiger partial charge in [0.25, 0.3) is 11.8 Å². The summed E-state index contributed by atoms with van der Waals surface area (Å²) < 4.78 is 0. The van der Waals surface area contributed by atoms with E-state index in [9.17, 15) is 9.59 Å². The van der Waals surface area contributed by atoms with Crippen LogP contribution in [0, 0.1) is 0 Å². The molecule has 0 bridgehead atoms. The number of fused-ring (bicyclic) bond motifs is 1. The van der Waals surface area contributed by atoms with E-state index in [1.54, 1.807) is 0 Å². The van der Waals surface area contributed by atoms with Gasteiger partial charge >= 0.3 is 0 Å². The Bertz CT molecular complexity index is 952. The van der Waals surface area contributed by atoms with Gasteiger partial charge in [-0.2, -0.15) is 0 Å². The van der Waals surface area contributed by atoms with E-state index in [-0.39, 0.29) is 18.9 Å². The molecule has 0 atom stereocenters. The van der Waals surface area contributed by atoms with Gasteiger partial charge in [0, 0.05) is 5.56 Å². The Hall–Kier alpha value is -3.24. The van der Waals surface area contributed by atoms with Gasteiger partial charge < -0.3 is 0 Å². The van der Waals surface area contributed by atoms with Crippen molar-refractivity contribution in [2.75, 3.05) is 0 Å². The zero-order valence-corrected chi connectivity index (χ0v) is 14.1. The number of hydroxylamine groups is 2. The van der Waals surface area contributed by atoms with Gasteiger partial charge in [0.05, 0.1) is 6.42 Å². The van der Waals surface area contributed by atoms with Crippen LogP contribution >= 0.6 is 0 Å². The van der Waals surface area contributed by atoms with Gasteiger partial charge in [-0.15, -0.1) is 5.06 Å². The number of hydrogen-bond donors (Lipinski definition) is 0. The normalized spacial score (nSPS) is 13.6. The van der Waals surface area contributed by atoms with E-state index >= 15 is 0 Å². The molecule has 3 aromatic carbocycles. The molecule has 3 aromatic rings. The van der Waals surface area contributed by atoms with Crippen LogP contribution in [0.4, 0.5) is 0 Å². The third-order valence-electron chi connectivity index (χ3n) is 4.40. The van der Waals surface area contributed by atoms with Crippen molar-refractivity contribution in [3.63, 3.8) is 0 Å². The van der Waals surface area contributed by atoms with Crippen molar-refractivity contribution in [2.24, 2.45) is 0 Å². The van der Waals surface area contributed by atoms with Crippen LogP contribution in [0.1, 0.15) is 21.5 Å². The van der Waals surface area contributed by atoms with Gasteiger partial charge in [0.1, 0.15) is 6.61 Å². The van der Waals surface area contributed by atoms with Gasteiger partial charge in [-0.05, 0) is 28.3 Å². The second kappa shape index (κ2) is 6.94. The largest absolute Gasteiger partial charge is 0.285 e. The third kappa shape index (κ3) is 3.15. The minimum Gasteiger partial charge on any atom is -0.272 e.